The van der Waals surface area contributed by atoms with Crippen LogP contribution in [0.1, 0.15) is 36.9 Å². The number of rotatable bonds is 6. The van der Waals surface area contributed by atoms with Crippen LogP contribution in [0.5, 0.6) is 0 Å². The molecular weight excluding hydrogens is 398 g/mol. The summed E-state index contributed by atoms with van der Waals surface area (Å²) in [5, 5.41) is 20.8. The van der Waals surface area contributed by atoms with Gasteiger partial charge in [0.25, 0.3) is 0 Å². The van der Waals surface area contributed by atoms with Gasteiger partial charge in [-0.15, -0.1) is 10.2 Å². The summed E-state index contributed by atoms with van der Waals surface area (Å²) in [6, 6.07) is 13.9. The Morgan fingerprint density at radius 2 is 2.03 bits per heavy atom. The minimum absolute atomic E-state index is 0.00800. The quantitative estimate of drug-likeness (QED) is 0.607. The Bertz CT molecular complexity index is 1130. The summed E-state index contributed by atoms with van der Waals surface area (Å²) in [6.07, 6.45) is 7.73. The lowest BCUT2D eigenvalue weighted by molar-refractivity contribution is 0.0437. The van der Waals surface area contributed by atoms with Crippen LogP contribution in [-0.2, 0) is 4.84 Å². The molecule has 3 aromatic rings. The molecule has 30 heavy (non-hydrogen) atoms. The molecule has 0 saturated heterocycles. The molecule has 0 spiro atoms. The van der Waals surface area contributed by atoms with Crippen molar-refractivity contribution in [1.82, 2.24) is 30.3 Å². The minimum atomic E-state index is 0.00800. The van der Waals surface area contributed by atoms with Gasteiger partial charge in [-0.3, -0.25) is 14.6 Å². The van der Waals surface area contributed by atoms with Gasteiger partial charge in [-0.2, -0.15) is 5.26 Å². The van der Waals surface area contributed by atoms with Crippen LogP contribution < -0.4 is 5.59 Å². The Balaban J connectivity index is 1.36. The van der Waals surface area contributed by atoms with Crippen molar-refractivity contribution in [2.24, 2.45) is 0 Å². The minimum Gasteiger partial charge on any atom is -0.387 e. The van der Waals surface area contributed by atoms with Crippen LogP contribution in [0.25, 0.3) is 17.1 Å². The van der Waals surface area contributed by atoms with E-state index in [4.69, 9.17) is 10.1 Å². The maximum Gasteiger partial charge on any atom is 0.193 e. The van der Waals surface area contributed by atoms with Crippen molar-refractivity contribution in [2.75, 3.05) is 0 Å². The fourth-order valence-electron chi connectivity index (χ4n) is 3.26. The molecule has 0 bridgehead atoms. The van der Waals surface area contributed by atoms with Gasteiger partial charge < -0.3 is 4.84 Å². The van der Waals surface area contributed by atoms with Gasteiger partial charge >= 0.3 is 0 Å². The van der Waals surface area contributed by atoms with Gasteiger partial charge in [-0.05, 0) is 44.0 Å². The summed E-state index contributed by atoms with van der Waals surface area (Å²) in [5.74, 6) is 1.55. The second-order valence-electron chi connectivity index (χ2n) is 7.15. The predicted molar refractivity (Wildman–Crippen MR) is 112 cm³/mol. The van der Waals surface area contributed by atoms with Gasteiger partial charge in [0.1, 0.15) is 0 Å². The van der Waals surface area contributed by atoms with Gasteiger partial charge in [0, 0.05) is 29.6 Å². The zero-order chi connectivity index (χ0) is 20.5. The largest absolute Gasteiger partial charge is 0.387 e. The molecule has 1 unspecified atom stereocenters. The van der Waals surface area contributed by atoms with Crippen LogP contribution in [0.15, 0.2) is 60.1 Å². The number of hydrogen-bond donors (Lipinski definition) is 1. The zero-order valence-corrected chi connectivity index (χ0v) is 17.1. The molecule has 1 aliphatic carbocycles. The smallest absolute Gasteiger partial charge is 0.193 e. The fraction of sp³-hybridized carbons (Fsp3) is 0.238. The number of pyridine rings is 1. The highest BCUT2D eigenvalue weighted by atomic mass is 32.2. The van der Waals surface area contributed by atoms with Crippen LogP contribution in [0, 0.1) is 11.3 Å². The summed E-state index contributed by atoms with van der Waals surface area (Å²) in [4.78, 5) is 9.73. The highest BCUT2D eigenvalue weighted by Gasteiger charge is 2.32. The average Bonchev–Trinajstić information content (AvgIpc) is 3.34. The first-order valence-electron chi connectivity index (χ1n) is 9.68. The molecule has 1 saturated carbocycles. The summed E-state index contributed by atoms with van der Waals surface area (Å²) >= 11 is 1.62. The van der Waals surface area contributed by atoms with Crippen LogP contribution >= 0.6 is 11.8 Å². The van der Waals surface area contributed by atoms with Gasteiger partial charge in [-0.1, -0.05) is 29.5 Å². The Labute approximate surface area is 178 Å². The van der Waals surface area contributed by atoms with Gasteiger partial charge in [0.2, 0.25) is 0 Å². The van der Waals surface area contributed by atoms with Gasteiger partial charge in [0.15, 0.2) is 16.7 Å². The molecule has 5 rings (SSSR count). The van der Waals surface area contributed by atoms with E-state index >= 15 is 0 Å². The molecule has 1 N–H and O–H groups in total. The van der Waals surface area contributed by atoms with Crippen molar-refractivity contribution < 1.29 is 4.84 Å². The monoisotopic (exact) mass is 417 g/mol. The van der Waals surface area contributed by atoms with E-state index in [1.165, 1.54) is 0 Å². The average molecular weight is 417 g/mol. The number of nitriles is 1. The van der Waals surface area contributed by atoms with Crippen molar-refractivity contribution in [1.29, 1.82) is 5.26 Å². The Morgan fingerprint density at radius 1 is 1.20 bits per heavy atom. The number of nitrogens with one attached hydrogen (secondary N) is 1. The van der Waals surface area contributed by atoms with Gasteiger partial charge in [0.05, 0.1) is 23.2 Å². The number of nitrogens with zero attached hydrogens (tertiary/aromatic N) is 6. The Morgan fingerprint density at radius 3 is 2.80 bits per heavy atom. The highest BCUT2D eigenvalue weighted by Crippen LogP contribution is 2.42. The number of benzene rings is 1. The van der Waals surface area contributed by atoms with Crippen molar-refractivity contribution in [3.63, 3.8) is 0 Å². The van der Waals surface area contributed by atoms with Crippen molar-refractivity contribution in [3.05, 3.63) is 66.1 Å². The van der Waals surface area contributed by atoms with Crippen molar-refractivity contribution in [2.45, 2.75) is 36.3 Å². The van der Waals surface area contributed by atoms with Crippen LogP contribution in [-0.4, -0.2) is 30.1 Å². The van der Waals surface area contributed by atoms with E-state index in [9.17, 15) is 0 Å². The Hall–Kier alpha value is -3.35. The molecule has 2 aromatic heterocycles. The molecule has 3 heterocycles. The van der Waals surface area contributed by atoms with E-state index < -0.39 is 0 Å². The second kappa shape index (κ2) is 7.82. The lowest BCUT2D eigenvalue weighted by atomic mass is 10.1. The highest BCUT2D eigenvalue weighted by molar-refractivity contribution is 7.99. The summed E-state index contributed by atoms with van der Waals surface area (Å²) in [7, 11) is 0. The second-order valence-corrected chi connectivity index (χ2v) is 8.43. The number of thioether (sulfide) groups is 1. The van der Waals surface area contributed by atoms with Crippen LogP contribution in [0.2, 0.25) is 0 Å². The number of hydrogen-bond acceptors (Lipinski definition) is 8. The molecular formula is C21H19N7OS. The third kappa shape index (κ3) is 3.63. The first-order valence-corrected chi connectivity index (χ1v) is 10.6. The fourth-order valence-corrected chi connectivity index (χ4v) is 4.22. The van der Waals surface area contributed by atoms with Crippen molar-refractivity contribution in [3.8, 4) is 17.5 Å². The van der Waals surface area contributed by atoms with Crippen LogP contribution in [0.3, 0.4) is 0 Å². The molecule has 1 aromatic carbocycles. The van der Waals surface area contributed by atoms with E-state index in [0.717, 1.165) is 34.9 Å². The van der Waals surface area contributed by atoms with E-state index in [1.807, 2.05) is 35.5 Å². The first kappa shape index (κ1) is 18.7. The maximum atomic E-state index is 9.11. The molecule has 9 heteroatoms. The molecule has 0 radical (unpaired) electrons. The molecule has 1 fully saturated rings. The third-order valence-corrected chi connectivity index (χ3v) is 6.03. The zero-order valence-electron chi connectivity index (χ0n) is 16.3. The summed E-state index contributed by atoms with van der Waals surface area (Å²) in [5.41, 5.74) is 5.40. The lowest BCUT2D eigenvalue weighted by Gasteiger charge is -2.21. The molecule has 8 nitrogen and oxygen atoms in total. The van der Waals surface area contributed by atoms with Gasteiger partial charge in [-0.25, -0.2) is 0 Å². The maximum absolute atomic E-state index is 9.11. The van der Waals surface area contributed by atoms with E-state index in [0.29, 0.717) is 17.4 Å². The standard InChI is InChI=1S/C21H19N7OS/c1-14(27-13-19(29-26-27)17-4-2-3-15(11-17)12-22)30-21-25-24-20(28(21)18-5-6-18)16-7-9-23-10-8-16/h2-4,7-11,13-14,18,26H,5-6H2,1H3. The Kier molecular flexibility index (Phi) is 4.86. The molecule has 1 aliphatic heterocycles. The summed E-state index contributed by atoms with van der Waals surface area (Å²) in [6.45, 7) is 2.07. The first-order chi connectivity index (χ1) is 14.7. The molecule has 150 valence electrons. The normalized spacial score (nSPS) is 16.7. The third-order valence-electron chi connectivity index (χ3n) is 4.98. The lowest BCUT2D eigenvalue weighted by Crippen LogP contribution is -2.34. The topological polar surface area (TPSA) is 91.9 Å². The molecule has 2 aliphatic rings. The molecule has 1 atom stereocenters. The van der Waals surface area contributed by atoms with E-state index in [1.54, 1.807) is 36.3 Å². The summed E-state index contributed by atoms with van der Waals surface area (Å²) < 4.78 is 2.23. The predicted octanol–water partition coefficient (Wildman–Crippen LogP) is 3.74. The van der Waals surface area contributed by atoms with Crippen LogP contribution in [0.4, 0.5) is 0 Å². The van der Waals surface area contributed by atoms with E-state index in [-0.39, 0.29) is 5.37 Å². The molecule has 0 amide bonds. The number of aromatic nitrogens is 4. The van der Waals surface area contributed by atoms with Crippen molar-refractivity contribution >= 4 is 17.5 Å². The van der Waals surface area contributed by atoms with E-state index in [2.05, 4.69) is 38.3 Å². The SMILES string of the molecule is CC(Sc1nnc(-c2ccncc2)n1C1CC1)N1C=C(c2cccc(C#N)c2)ON1. The number of hydrazine groups is 1.